The van der Waals surface area contributed by atoms with Gasteiger partial charge in [0, 0.05) is 12.1 Å². The molecule has 1 N–H and O–H groups in total. The van der Waals surface area contributed by atoms with Crippen LogP contribution in [0.5, 0.6) is 5.75 Å². The first-order chi connectivity index (χ1) is 10.8. The van der Waals surface area contributed by atoms with Crippen LogP contribution in [0.4, 0.5) is 4.39 Å². The minimum absolute atomic E-state index is 0.203. The Morgan fingerprint density at radius 1 is 1.18 bits per heavy atom. The van der Waals surface area contributed by atoms with Gasteiger partial charge in [-0.15, -0.1) is 0 Å². The molecule has 1 unspecified atom stereocenters. The van der Waals surface area contributed by atoms with Gasteiger partial charge in [0.25, 0.3) is 0 Å². The summed E-state index contributed by atoms with van der Waals surface area (Å²) in [6.07, 6.45) is 1.20. The molecule has 3 rings (SSSR count). The lowest BCUT2D eigenvalue weighted by Gasteiger charge is -2.15. The summed E-state index contributed by atoms with van der Waals surface area (Å²) in [4.78, 5) is 0. The van der Waals surface area contributed by atoms with E-state index in [-0.39, 0.29) is 11.9 Å². The van der Waals surface area contributed by atoms with Crippen LogP contribution in [0.3, 0.4) is 0 Å². The fourth-order valence-corrected chi connectivity index (χ4v) is 2.79. The fourth-order valence-electron chi connectivity index (χ4n) is 2.79. The molecule has 1 aliphatic heterocycles. The molecule has 0 saturated carbocycles. The minimum atomic E-state index is -0.248. The van der Waals surface area contributed by atoms with Crippen molar-refractivity contribution in [3.05, 3.63) is 53.8 Å². The summed E-state index contributed by atoms with van der Waals surface area (Å²) < 4.78 is 25.0. The van der Waals surface area contributed by atoms with Crippen LogP contribution in [-0.2, 0) is 11.3 Å². The zero-order valence-corrected chi connectivity index (χ0v) is 12.6. The maximum Gasteiger partial charge on any atom is 0.126 e. The van der Waals surface area contributed by atoms with E-state index in [9.17, 15) is 4.39 Å². The molecule has 1 aliphatic rings. The smallest absolute Gasteiger partial charge is 0.126 e. The summed E-state index contributed by atoms with van der Waals surface area (Å²) in [6.45, 7) is 2.24. The highest BCUT2D eigenvalue weighted by Crippen LogP contribution is 2.33. The molecule has 22 heavy (non-hydrogen) atoms. The Labute approximate surface area is 130 Å². The Hall–Kier alpha value is -1.91. The first kappa shape index (κ1) is 15.0. The minimum Gasteiger partial charge on any atom is -0.496 e. The number of halogens is 1. The Morgan fingerprint density at radius 3 is 2.82 bits per heavy atom. The third kappa shape index (κ3) is 3.29. The Bertz CT molecular complexity index is 639. The lowest BCUT2D eigenvalue weighted by molar-refractivity contribution is 0.0543. The van der Waals surface area contributed by atoms with Crippen molar-refractivity contribution >= 4 is 0 Å². The van der Waals surface area contributed by atoms with Gasteiger partial charge < -0.3 is 14.8 Å². The molecule has 1 heterocycles. The van der Waals surface area contributed by atoms with Crippen LogP contribution in [0.15, 0.2) is 42.5 Å². The maximum atomic E-state index is 13.6. The normalized spacial score (nSPS) is 17.6. The highest BCUT2D eigenvalue weighted by molar-refractivity contribution is 5.73. The number of para-hydroxylation sites is 1. The molecular weight excluding hydrogens is 281 g/mol. The summed E-state index contributed by atoms with van der Waals surface area (Å²) in [7, 11) is 1.64. The fraction of sp³-hybridized carbons (Fsp3) is 0.333. The van der Waals surface area contributed by atoms with Gasteiger partial charge in [0.05, 0.1) is 19.8 Å². The highest BCUT2D eigenvalue weighted by Gasteiger charge is 2.17. The van der Waals surface area contributed by atoms with E-state index >= 15 is 0 Å². The van der Waals surface area contributed by atoms with Crippen molar-refractivity contribution in [3.63, 3.8) is 0 Å². The molecule has 3 nitrogen and oxygen atoms in total. The van der Waals surface area contributed by atoms with Crippen LogP contribution in [0, 0.1) is 5.82 Å². The number of hydrogen-bond acceptors (Lipinski definition) is 3. The van der Waals surface area contributed by atoms with Gasteiger partial charge in [-0.1, -0.05) is 24.3 Å². The van der Waals surface area contributed by atoms with Crippen LogP contribution in [0.2, 0.25) is 0 Å². The molecule has 0 radical (unpaired) electrons. The van der Waals surface area contributed by atoms with Crippen molar-refractivity contribution in [2.24, 2.45) is 0 Å². The molecule has 2 aromatic carbocycles. The predicted octanol–water partition coefficient (Wildman–Crippen LogP) is 3.38. The van der Waals surface area contributed by atoms with Crippen LogP contribution < -0.4 is 10.1 Å². The van der Waals surface area contributed by atoms with E-state index in [1.54, 1.807) is 19.2 Å². The van der Waals surface area contributed by atoms with Crippen LogP contribution >= 0.6 is 0 Å². The Morgan fingerprint density at radius 2 is 2.05 bits per heavy atom. The summed E-state index contributed by atoms with van der Waals surface area (Å²) >= 11 is 0. The molecule has 0 spiro atoms. The number of methoxy groups -OCH3 is 1. The largest absolute Gasteiger partial charge is 0.496 e. The standard InChI is InChI=1S/C18H20FNO2/c1-21-18-5-3-2-4-17(18)16-7-6-14(19)10-13(16)12-22-15-8-9-20-11-15/h2-7,10,15,20H,8-9,11-12H2,1H3. The molecule has 1 atom stereocenters. The van der Waals surface area contributed by atoms with E-state index < -0.39 is 0 Å². The Kier molecular flexibility index (Phi) is 4.71. The average Bonchev–Trinajstić information content (AvgIpc) is 3.06. The SMILES string of the molecule is COc1ccccc1-c1ccc(F)cc1COC1CCNC1. The molecule has 1 saturated heterocycles. The molecule has 2 aromatic rings. The zero-order valence-electron chi connectivity index (χ0n) is 12.6. The summed E-state index contributed by atoms with van der Waals surface area (Å²) in [5.74, 6) is 0.527. The molecule has 0 aliphatic carbocycles. The van der Waals surface area contributed by atoms with Crippen molar-refractivity contribution in [1.29, 1.82) is 0 Å². The van der Waals surface area contributed by atoms with E-state index in [1.807, 2.05) is 24.3 Å². The average molecular weight is 301 g/mol. The van der Waals surface area contributed by atoms with Gasteiger partial charge in [-0.05, 0) is 42.3 Å². The number of rotatable bonds is 5. The van der Waals surface area contributed by atoms with Crippen molar-refractivity contribution in [3.8, 4) is 16.9 Å². The lowest BCUT2D eigenvalue weighted by Crippen LogP contribution is -2.16. The summed E-state index contributed by atoms with van der Waals surface area (Å²) in [5.41, 5.74) is 2.74. The van der Waals surface area contributed by atoms with E-state index in [4.69, 9.17) is 9.47 Å². The topological polar surface area (TPSA) is 30.5 Å². The number of benzene rings is 2. The number of nitrogens with one attached hydrogen (secondary N) is 1. The third-order valence-electron chi connectivity index (χ3n) is 3.95. The van der Waals surface area contributed by atoms with Gasteiger partial charge in [0.15, 0.2) is 0 Å². The van der Waals surface area contributed by atoms with Crippen molar-refractivity contribution < 1.29 is 13.9 Å². The number of ether oxygens (including phenoxy) is 2. The van der Waals surface area contributed by atoms with Gasteiger partial charge in [-0.3, -0.25) is 0 Å². The quantitative estimate of drug-likeness (QED) is 0.918. The molecule has 0 aromatic heterocycles. The van der Waals surface area contributed by atoms with E-state index in [0.29, 0.717) is 6.61 Å². The number of hydrogen-bond donors (Lipinski definition) is 1. The first-order valence-corrected chi connectivity index (χ1v) is 7.52. The van der Waals surface area contributed by atoms with Gasteiger partial charge in [0.2, 0.25) is 0 Å². The zero-order chi connectivity index (χ0) is 15.4. The molecule has 0 amide bonds. The van der Waals surface area contributed by atoms with Crippen LogP contribution in [-0.4, -0.2) is 26.3 Å². The highest BCUT2D eigenvalue weighted by atomic mass is 19.1. The molecular formula is C18H20FNO2. The Balaban J connectivity index is 1.89. The second-order valence-corrected chi connectivity index (χ2v) is 5.43. The first-order valence-electron chi connectivity index (χ1n) is 7.52. The van der Waals surface area contributed by atoms with Crippen molar-refractivity contribution in [2.75, 3.05) is 20.2 Å². The van der Waals surface area contributed by atoms with Crippen molar-refractivity contribution in [2.45, 2.75) is 19.1 Å². The predicted molar refractivity (Wildman–Crippen MR) is 84.5 cm³/mol. The van der Waals surface area contributed by atoms with Crippen molar-refractivity contribution in [1.82, 2.24) is 5.32 Å². The van der Waals surface area contributed by atoms with E-state index in [1.165, 1.54) is 6.07 Å². The van der Waals surface area contributed by atoms with Gasteiger partial charge >= 0.3 is 0 Å². The molecule has 1 fully saturated rings. The third-order valence-corrected chi connectivity index (χ3v) is 3.95. The van der Waals surface area contributed by atoms with Crippen LogP contribution in [0.25, 0.3) is 11.1 Å². The molecule has 116 valence electrons. The lowest BCUT2D eigenvalue weighted by atomic mass is 9.99. The molecule has 4 heteroatoms. The van der Waals surface area contributed by atoms with Gasteiger partial charge in [-0.2, -0.15) is 0 Å². The second kappa shape index (κ2) is 6.90. The maximum absolute atomic E-state index is 13.6. The van der Waals surface area contributed by atoms with Crippen LogP contribution in [0.1, 0.15) is 12.0 Å². The monoisotopic (exact) mass is 301 g/mol. The van der Waals surface area contributed by atoms with E-state index in [0.717, 1.165) is 42.0 Å². The molecule has 0 bridgehead atoms. The van der Waals surface area contributed by atoms with E-state index in [2.05, 4.69) is 5.32 Å². The van der Waals surface area contributed by atoms with Gasteiger partial charge in [0.1, 0.15) is 11.6 Å². The second-order valence-electron chi connectivity index (χ2n) is 5.43. The van der Waals surface area contributed by atoms with Gasteiger partial charge in [-0.25, -0.2) is 4.39 Å². The summed E-state index contributed by atoms with van der Waals surface area (Å²) in [6, 6.07) is 12.6. The summed E-state index contributed by atoms with van der Waals surface area (Å²) in [5, 5.41) is 3.27.